The Bertz CT molecular complexity index is 732. The molecule has 0 unspecified atom stereocenters. The summed E-state index contributed by atoms with van der Waals surface area (Å²) in [5.41, 5.74) is 3.15. The Morgan fingerprint density at radius 1 is 0.750 bits per heavy atom. The van der Waals surface area contributed by atoms with Crippen LogP contribution in [-0.2, 0) is 0 Å². The quantitative estimate of drug-likeness (QED) is 0.514. The van der Waals surface area contributed by atoms with E-state index in [1.807, 2.05) is 44.4 Å². The molecule has 4 aromatic rings. The summed E-state index contributed by atoms with van der Waals surface area (Å²) >= 11 is 0. The fraction of sp³-hybridized carbons (Fsp3) is 0. The normalized spacial score (nSPS) is 12.0. The van der Waals surface area contributed by atoms with Crippen LogP contribution in [0.25, 0.3) is 16.7 Å². The van der Waals surface area contributed by atoms with Crippen LogP contribution in [0.3, 0.4) is 0 Å². The molecule has 4 heteroatoms. The van der Waals surface area contributed by atoms with Crippen molar-refractivity contribution in [2.24, 2.45) is 0 Å². The van der Waals surface area contributed by atoms with Gasteiger partial charge in [0.25, 0.3) is 0 Å². The van der Waals surface area contributed by atoms with Gasteiger partial charge < -0.3 is 5.11 Å². The molecule has 16 heavy (non-hydrogen) atoms. The number of hydrogen-bond acceptors (Lipinski definition) is 1. The first-order chi connectivity index (χ1) is 7.88. The van der Waals surface area contributed by atoms with Gasteiger partial charge in [0, 0.05) is 0 Å². The van der Waals surface area contributed by atoms with E-state index in [1.54, 1.807) is 6.07 Å². The first kappa shape index (κ1) is 7.87. The number of para-hydroxylation sites is 4. The average molecular weight is 211 g/mol. The van der Waals surface area contributed by atoms with Gasteiger partial charge in [0.05, 0.1) is 0 Å². The Balaban J connectivity index is 2.01. The Hall–Kier alpha value is -2.36. The number of hydrogen-bond donors (Lipinski definition) is 1. The number of rotatable bonds is 1. The lowest BCUT2D eigenvalue weighted by molar-refractivity contribution is 0.472. The van der Waals surface area contributed by atoms with Gasteiger partial charge in [0.1, 0.15) is 22.5 Å². The highest BCUT2D eigenvalue weighted by atomic mass is 16.3. The summed E-state index contributed by atoms with van der Waals surface area (Å²) in [4.78, 5) is 1.94. The monoisotopic (exact) mass is 211 g/mol. The summed E-state index contributed by atoms with van der Waals surface area (Å²) < 4.78 is 4.04. The molecule has 4 rings (SSSR count). The van der Waals surface area contributed by atoms with Crippen molar-refractivity contribution in [2.45, 2.75) is 0 Å². The molecule has 0 radical (unpaired) electrons. The second-order valence-electron chi connectivity index (χ2n) is 3.85. The van der Waals surface area contributed by atoms with Gasteiger partial charge in [-0.1, -0.05) is 24.3 Å². The maximum Gasteiger partial charge on any atom is 0.143 e. The lowest BCUT2D eigenvalue weighted by Gasteiger charge is -1.95. The number of benzene rings is 2. The molecular weight excluding hydrogens is 202 g/mol. The third-order valence-electron chi connectivity index (χ3n) is 2.92. The van der Waals surface area contributed by atoms with E-state index in [-0.39, 0.29) is 0 Å². The highest BCUT2D eigenvalue weighted by molar-refractivity contribution is 5.79. The van der Waals surface area contributed by atoms with Crippen molar-refractivity contribution >= 4 is 11.0 Å². The molecule has 0 aliphatic rings. The highest BCUT2D eigenvalue weighted by Gasteiger charge is 2.24. The molecule has 0 spiro atoms. The Morgan fingerprint density at radius 3 is 1.94 bits per heavy atom. The lowest BCUT2D eigenvalue weighted by Crippen LogP contribution is -1.87. The maximum atomic E-state index is 9.77. The zero-order chi connectivity index (χ0) is 10.7. The molecule has 78 valence electrons. The predicted molar refractivity (Wildman–Crippen MR) is 60.5 cm³/mol. The van der Waals surface area contributed by atoms with Crippen molar-refractivity contribution in [1.82, 2.24) is 14.1 Å². The highest BCUT2D eigenvalue weighted by Crippen LogP contribution is 2.29. The summed E-state index contributed by atoms with van der Waals surface area (Å²) in [6.07, 6.45) is 0. The third kappa shape index (κ3) is 0.760. The predicted octanol–water partition coefficient (Wildman–Crippen LogP) is 2.13. The molecule has 1 N–H and O–H groups in total. The van der Waals surface area contributed by atoms with E-state index >= 15 is 0 Å². The van der Waals surface area contributed by atoms with Crippen LogP contribution in [0.15, 0.2) is 48.5 Å². The van der Waals surface area contributed by atoms with Crippen LogP contribution in [0, 0.1) is 0 Å². The van der Waals surface area contributed by atoms with E-state index < -0.39 is 0 Å². The maximum absolute atomic E-state index is 9.77. The molecule has 2 heterocycles. The van der Waals surface area contributed by atoms with Gasteiger partial charge >= 0.3 is 0 Å². The first-order valence-electron chi connectivity index (χ1n) is 5.15. The van der Waals surface area contributed by atoms with Crippen molar-refractivity contribution in [3.8, 4) is 11.4 Å². The van der Waals surface area contributed by atoms with Crippen LogP contribution in [0.2, 0.25) is 0 Å². The van der Waals surface area contributed by atoms with Gasteiger partial charge in [-0.05, 0) is 24.3 Å². The first-order valence-corrected chi connectivity index (χ1v) is 5.15. The van der Waals surface area contributed by atoms with Crippen LogP contribution in [0.1, 0.15) is 0 Å². The number of phenolic OH excluding ortho intramolecular Hbond substituents is 1. The molecule has 4 nitrogen and oxygen atoms in total. The molecule has 2 aromatic carbocycles. The average Bonchev–Trinajstić information content (AvgIpc) is 2.95. The molecule has 0 amide bonds. The minimum Gasteiger partial charge on any atom is -0.506 e. The molecule has 0 aliphatic carbocycles. The summed E-state index contributed by atoms with van der Waals surface area (Å²) in [5.74, 6) is 0.294. The summed E-state index contributed by atoms with van der Waals surface area (Å²) in [7, 11) is 0. The van der Waals surface area contributed by atoms with E-state index in [0.717, 1.165) is 5.69 Å². The second-order valence-corrected chi connectivity index (χ2v) is 3.85. The summed E-state index contributed by atoms with van der Waals surface area (Å²) in [6, 6.07) is 15.5. The fourth-order valence-electron chi connectivity index (χ4n) is 2.13. The number of phenols is 1. The second kappa shape index (κ2) is 2.41. The van der Waals surface area contributed by atoms with Crippen molar-refractivity contribution in [2.75, 3.05) is 0 Å². The molecule has 0 atom stereocenters. The van der Waals surface area contributed by atoms with Crippen LogP contribution in [0.4, 0.5) is 0 Å². The zero-order valence-electron chi connectivity index (χ0n) is 8.41. The van der Waals surface area contributed by atoms with Gasteiger partial charge in [0.15, 0.2) is 0 Å². The van der Waals surface area contributed by atoms with Crippen LogP contribution < -0.4 is 0 Å². The van der Waals surface area contributed by atoms with Crippen molar-refractivity contribution < 1.29 is 5.11 Å². The Morgan fingerprint density at radius 2 is 1.31 bits per heavy atom. The minimum absolute atomic E-state index is 0.294. The lowest BCUT2D eigenvalue weighted by atomic mass is 10.3. The van der Waals surface area contributed by atoms with Crippen LogP contribution >= 0.6 is 0 Å². The molecule has 0 bridgehead atoms. The van der Waals surface area contributed by atoms with E-state index in [9.17, 15) is 5.11 Å². The number of fused-ring (bicyclic) bond motifs is 4. The van der Waals surface area contributed by atoms with Crippen LogP contribution in [-0.4, -0.2) is 19.2 Å². The van der Waals surface area contributed by atoms with Gasteiger partial charge in [-0.3, -0.25) is 0 Å². The largest absolute Gasteiger partial charge is 0.506 e. The van der Waals surface area contributed by atoms with E-state index in [1.165, 1.54) is 11.0 Å². The third-order valence-corrected chi connectivity index (χ3v) is 2.92. The number of aromatic nitrogens is 3. The van der Waals surface area contributed by atoms with Crippen molar-refractivity contribution in [1.29, 1.82) is 0 Å². The van der Waals surface area contributed by atoms with Crippen LogP contribution in [0.5, 0.6) is 5.75 Å². The Kier molecular flexibility index (Phi) is 1.19. The van der Waals surface area contributed by atoms with Crippen molar-refractivity contribution in [3.63, 3.8) is 0 Å². The number of nitrogens with zero attached hydrogens (tertiary/aromatic N) is 3. The van der Waals surface area contributed by atoms with E-state index in [2.05, 4.69) is 12.1 Å². The van der Waals surface area contributed by atoms with Gasteiger partial charge in [-0.2, -0.15) is 0 Å². The topological polar surface area (TPSA) is 34.0 Å². The standard InChI is InChI=1S/C12H9N3O/c16-12-8-4-3-7-11(12)15-13-9-5-1-2-6-10(9)14(13)15/h1-8,16H. The molecule has 0 aliphatic heterocycles. The fourth-order valence-corrected chi connectivity index (χ4v) is 2.13. The molecule has 0 fully saturated rings. The van der Waals surface area contributed by atoms with Gasteiger partial charge in [-0.15, -0.1) is 14.1 Å². The SMILES string of the molecule is Oc1ccccc1-n1n2c3ccccc3n12. The van der Waals surface area contributed by atoms with Crippen molar-refractivity contribution in [3.05, 3.63) is 48.5 Å². The molecular formula is C12H9N3O. The molecule has 0 saturated heterocycles. The molecule has 0 saturated carbocycles. The molecule has 2 aromatic heterocycles. The Labute approximate surface area is 90.8 Å². The minimum atomic E-state index is 0.294. The smallest absolute Gasteiger partial charge is 0.143 e. The summed E-state index contributed by atoms with van der Waals surface area (Å²) in [6.45, 7) is 0. The van der Waals surface area contributed by atoms with E-state index in [0.29, 0.717) is 5.75 Å². The zero-order valence-corrected chi connectivity index (χ0v) is 8.41. The van der Waals surface area contributed by atoms with E-state index in [4.69, 9.17) is 0 Å². The van der Waals surface area contributed by atoms with Gasteiger partial charge in [-0.25, -0.2) is 0 Å². The number of aromatic hydroxyl groups is 1. The van der Waals surface area contributed by atoms with Gasteiger partial charge in [0.2, 0.25) is 0 Å². The summed E-state index contributed by atoms with van der Waals surface area (Å²) in [5, 5.41) is 9.77.